The summed E-state index contributed by atoms with van der Waals surface area (Å²) in [6.45, 7) is 2.77. The molecule has 0 radical (unpaired) electrons. The zero-order chi connectivity index (χ0) is 21.8. The number of hydrogen-bond donors (Lipinski definition) is 1. The van der Waals surface area contributed by atoms with Gasteiger partial charge in [-0.25, -0.2) is 4.79 Å². The summed E-state index contributed by atoms with van der Waals surface area (Å²) in [6, 6.07) is 22.2. The predicted molar refractivity (Wildman–Crippen MR) is 121 cm³/mol. The van der Waals surface area contributed by atoms with Gasteiger partial charge in [-0.05, 0) is 60.4 Å². The van der Waals surface area contributed by atoms with Gasteiger partial charge in [0.15, 0.2) is 0 Å². The fourth-order valence-electron chi connectivity index (χ4n) is 3.64. The van der Waals surface area contributed by atoms with Gasteiger partial charge in [0.25, 0.3) is 5.91 Å². The van der Waals surface area contributed by atoms with Gasteiger partial charge in [-0.15, -0.1) is 0 Å². The highest BCUT2D eigenvalue weighted by Crippen LogP contribution is 2.31. The van der Waals surface area contributed by atoms with E-state index in [9.17, 15) is 9.59 Å². The second-order valence-corrected chi connectivity index (χ2v) is 7.97. The van der Waals surface area contributed by atoms with E-state index in [4.69, 9.17) is 16.3 Å². The van der Waals surface area contributed by atoms with Crippen molar-refractivity contribution in [3.8, 4) is 0 Å². The normalized spacial score (nSPS) is 13.4. The maximum Gasteiger partial charge on any atom is 0.414 e. The van der Waals surface area contributed by atoms with Crippen LogP contribution in [0.2, 0.25) is 5.02 Å². The maximum absolute atomic E-state index is 12.6. The summed E-state index contributed by atoms with van der Waals surface area (Å²) >= 11 is 5.89. The zero-order valence-electron chi connectivity index (χ0n) is 17.2. The Balaban J connectivity index is 1.40. The minimum atomic E-state index is -0.348. The molecule has 6 heteroatoms. The van der Waals surface area contributed by atoms with E-state index in [-0.39, 0.29) is 24.6 Å². The van der Waals surface area contributed by atoms with Crippen molar-refractivity contribution in [2.24, 2.45) is 0 Å². The van der Waals surface area contributed by atoms with Crippen LogP contribution in [-0.2, 0) is 17.8 Å². The summed E-state index contributed by atoms with van der Waals surface area (Å²) in [4.78, 5) is 26.7. The number of benzene rings is 3. The van der Waals surface area contributed by atoms with Crippen LogP contribution in [0, 0.1) is 0 Å². The molecule has 0 saturated heterocycles. The van der Waals surface area contributed by atoms with Crippen LogP contribution >= 0.6 is 11.6 Å². The van der Waals surface area contributed by atoms with Gasteiger partial charge in [0.05, 0.1) is 11.7 Å². The number of fused-ring (bicyclic) bond motifs is 1. The standard InChI is InChI=1S/C25H23ClN2O3/c1-17(27-24(29)19-7-10-22(26)11-8-19)20-9-12-23-21(15-20)13-14-28(23)25(30)31-16-18-5-3-2-4-6-18/h2-12,15,17H,13-14,16H2,1H3,(H,27,29)/t17-/m1/s1. The van der Waals surface area contributed by atoms with E-state index in [1.807, 2.05) is 55.5 Å². The highest BCUT2D eigenvalue weighted by molar-refractivity contribution is 6.30. The number of anilines is 1. The SMILES string of the molecule is C[C@@H](NC(=O)c1ccc(Cl)cc1)c1ccc2c(c1)CCN2C(=O)OCc1ccccc1. The predicted octanol–water partition coefficient (Wildman–Crippen LogP) is 5.53. The Kier molecular flexibility index (Phi) is 6.23. The topological polar surface area (TPSA) is 58.6 Å². The smallest absolute Gasteiger partial charge is 0.414 e. The van der Waals surface area contributed by atoms with Gasteiger partial charge < -0.3 is 10.1 Å². The number of ether oxygens (including phenoxy) is 1. The van der Waals surface area contributed by atoms with E-state index < -0.39 is 0 Å². The summed E-state index contributed by atoms with van der Waals surface area (Å²) in [5.74, 6) is -0.157. The number of nitrogens with zero attached hydrogens (tertiary/aromatic N) is 1. The Morgan fingerprint density at radius 1 is 1.06 bits per heavy atom. The molecule has 1 N–H and O–H groups in total. The van der Waals surface area contributed by atoms with Crippen molar-refractivity contribution in [1.82, 2.24) is 5.32 Å². The molecule has 1 heterocycles. The molecular weight excluding hydrogens is 412 g/mol. The number of carbonyl (C=O) groups is 2. The Bertz CT molecular complexity index is 1080. The van der Waals surface area contributed by atoms with Crippen molar-refractivity contribution >= 4 is 29.3 Å². The molecule has 2 amide bonds. The summed E-state index contributed by atoms with van der Waals surface area (Å²) in [5, 5.41) is 3.60. The van der Waals surface area contributed by atoms with Crippen molar-refractivity contribution in [3.63, 3.8) is 0 Å². The average molecular weight is 435 g/mol. The molecule has 3 aromatic carbocycles. The van der Waals surface area contributed by atoms with Gasteiger partial charge in [0.2, 0.25) is 0 Å². The molecule has 158 valence electrons. The molecular formula is C25H23ClN2O3. The molecule has 0 aliphatic carbocycles. The molecule has 1 aliphatic heterocycles. The zero-order valence-corrected chi connectivity index (χ0v) is 17.9. The first-order valence-electron chi connectivity index (χ1n) is 10.2. The highest BCUT2D eigenvalue weighted by Gasteiger charge is 2.26. The fourth-order valence-corrected chi connectivity index (χ4v) is 3.77. The molecule has 0 spiro atoms. The second kappa shape index (κ2) is 9.23. The minimum Gasteiger partial charge on any atom is -0.444 e. The van der Waals surface area contributed by atoms with Crippen LogP contribution in [0.25, 0.3) is 0 Å². The van der Waals surface area contributed by atoms with E-state index in [0.29, 0.717) is 17.1 Å². The molecule has 0 unspecified atom stereocenters. The molecule has 1 aliphatic rings. The number of rotatable bonds is 5. The largest absolute Gasteiger partial charge is 0.444 e. The maximum atomic E-state index is 12.6. The van der Waals surface area contributed by atoms with Crippen molar-refractivity contribution in [3.05, 3.63) is 100 Å². The lowest BCUT2D eigenvalue weighted by atomic mass is 10.0. The third-order valence-electron chi connectivity index (χ3n) is 5.38. The molecule has 4 rings (SSSR count). The molecule has 0 bridgehead atoms. The minimum absolute atomic E-state index is 0.157. The summed E-state index contributed by atoms with van der Waals surface area (Å²) in [6.07, 6.45) is 0.404. The summed E-state index contributed by atoms with van der Waals surface area (Å²) in [7, 11) is 0. The Hall–Kier alpha value is -3.31. The Morgan fingerprint density at radius 3 is 2.55 bits per heavy atom. The van der Waals surface area contributed by atoms with E-state index in [0.717, 1.165) is 28.8 Å². The van der Waals surface area contributed by atoms with Gasteiger partial charge in [-0.3, -0.25) is 9.69 Å². The number of halogens is 1. The lowest BCUT2D eigenvalue weighted by molar-refractivity contribution is 0.0940. The van der Waals surface area contributed by atoms with Crippen LogP contribution in [0.3, 0.4) is 0 Å². The number of amides is 2. The van der Waals surface area contributed by atoms with Gasteiger partial charge in [-0.1, -0.05) is 54.1 Å². The van der Waals surface area contributed by atoms with Crippen molar-refractivity contribution in [2.75, 3.05) is 11.4 Å². The second-order valence-electron chi connectivity index (χ2n) is 7.53. The molecule has 31 heavy (non-hydrogen) atoms. The van der Waals surface area contributed by atoms with Gasteiger partial charge >= 0.3 is 6.09 Å². The monoisotopic (exact) mass is 434 g/mol. The third-order valence-corrected chi connectivity index (χ3v) is 5.63. The van der Waals surface area contributed by atoms with E-state index in [2.05, 4.69) is 5.32 Å². The Morgan fingerprint density at radius 2 is 1.81 bits per heavy atom. The molecule has 0 aromatic heterocycles. The first-order valence-corrected chi connectivity index (χ1v) is 10.6. The number of hydrogen-bond acceptors (Lipinski definition) is 3. The number of carbonyl (C=O) groups excluding carboxylic acids is 2. The van der Waals surface area contributed by atoms with Crippen molar-refractivity contribution < 1.29 is 14.3 Å². The van der Waals surface area contributed by atoms with Crippen LogP contribution in [-0.4, -0.2) is 18.5 Å². The van der Waals surface area contributed by atoms with Gasteiger partial charge in [0.1, 0.15) is 6.61 Å². The molecule has 0 fully saturated rings. The Labute approximate surface area is 186 Å². The van der Waals surface area contributed by atoms with Crippen molar-refractivity contribution in [1.29, 1.82) is 0 Å². The van der Waals surface area contributed by atoms with E-state index in [1.54, 1.807) is 29.2 Å². The van der Waals surface area contributed by atoms with E-state index in [1.165, 1.54) is 0 Å². The first-order chi connectivity index (χ1) is 15.0. The molecule has 3 aromatic rings. The summed E-state index contributed by atoms with van der Waals surface area (Å²) in [5.41, 5.74) is 4.43. The van der Waals surface area contributed by atoms with Crippen LogP contribution in [0.5, 0.6) is 0 Å². The molecule has 1 atom stereocenters. The quantitative estimate of drug-likeness (QED) is 0.574. The average Bonchev–Trinajstić information content (AvgIpc) is 3.22. The molecule has 5 nitrogen and oxygen atoms in total. The van der Waals surface area contributed by atoms with Crippen LogP contribution in [0.1, 0.15) is 40.0 Å². The van der Waals surface area contributed by atoms with Crippen LogP contribution < -0.4 is 10.2 Å². The molecule has 0 saturated carbocycles. The lowest BCUT2D eigenvalue weighted by Gasteiger charge is -2.19. The first kappa shape index (κ1) is 20.9. The summed E-state index contributed by atoms with van der Waals surface area (Å²) < 4.78 is 5.48. The van der Waals surface area contributed by atoms with Crippen LogP contribution in [0.4, 0.5) is 10.5 Å². The van der Waals surface area contributed by atoms with Gasteiger partial charge in [-0.2, -0.15) is 0 Å². The lowest BCUT2D eigenvalue weighted by Crippen LogP contribution is -2.29. The van der Waals surface area contributed by atoms with Gasteiger partial charge in [0, 0.05) is 17.1 Å². The third kappa shape index (κ3) is 4.89. The van der Waals surface area contributed by atoms with E-state index >= 15 is 0 Å². The fraction of sp³-hybridized carbons (Fsp3) is 0.200. The number of nitrogens with one attached hydrogen (secondary N) is 1. The van der Waals surface area contributed by atoms with Crippen LogP contribution in [0.15, 0.2) is 72.8 Å². The highest BCUT2D eigenvalue weighted by atomic mass is 35.5. The van der Waals surface area contributed by atoms with Crippen molar-refractivity contribution in [2.45, 2.75) is 26.0 Å².